The smallest absolute Gasteiger partial charge is 0.224 e. The first-order valence-electron chi connectivity index (χ1n) is 9.12. The summed E-state index contributed by atoms with van der Waals surface area (Å²) in [6.07, 6.45) is 0.747. The largest absolute Gasteiger partial charge is 0.459 e. The number of nitrogens with one attached hydrogen (secondary N) is 2. The molecule has 1 fully saturated rings. The van der Waals surface area contributed by atoms with Crippen LogP contribution in [0.2, 0.25) is 5.02 Å². The van der Waals surface area contributed by atoms with Gasteiger partial charge in [-0.1, -0.05) is 11.6 Å². The van der Waals surface area contributed by atoms with Crippen LogP contribution in [-0.4, -0.2) is 15.9 Å². The summed E-state index contributed by atoms with van der Waals surface area (Å²) in [5.41, 5.74) is 2.31. The zero-order valence-corrected chi connectivity index (χ0v) is 15.8. The van der Waals surface area contributed by atoms with Gasteiger partial charge in [0.1, 0.15) is 23.0 Å². The van der Waals surface area contributed by atoms with E-state index in [9.17, 15) is 9.18 Å². The fraction of sp³-hybridized carbons (Fsp3) is 0.238. The normalized spacial score (nSPS) is 19.8. The second kappa shape index (κ2) is 6.34. The number of amides is 1. The third-order valence-electron chi connectivity index (χ3n) is 5.22. The van der Waals surface area contributed by atoms with Crippen molar-refractivity contribution in [2.24, 2.45) is 5.92 Å². The quantitative estimate of drug-likeness (QED) is 0.504. The van der Waals surface area contributed by atoms with E-state index in [0.717, 1.165) is 23.3 Å². The Balaban J connectivity index is 1.28. The van der Waals surface area contributed by atoms with Crippen molar-refractivity contribution in [3.8, 4) is 0 Å². The summed E-state index contributed by atoms with van der Waals surface area (Å²) in [7, 11) is 0. The van der Waals surface area contributed by atoms with Gasteiger partial charge in [0, 0.05) is 22.2 Å². The van der Waals surface area contributed by atoms with Gasteiger partial charge in [0.2, 0.25) is 5.91 Å². The SMILES string of the molecule is C[C@@H](NC(=O)[C@H]1C[C@@H]1c1nc2ccc(Cl)cc2[nH]1)c1cc2cc(F)ccc2o1. The molecule has 7 heteroatoms. The molecule has 1 aliphatic carbocycles. The lowest BCUT2D eigenvalue weighted by molar-refractivity contribution is -0.123. The molecule has 1 aliphatic rings. The molecule has 0 spiro atoms. The van der Waals surface area contributed by atoms with E-state index >= 15 is 0 Å². The molecule has 1 saturated carbocycles. The van der Waals surface area contributed by atoms with Crippen LogP contribution in [0.1, 0.15) is 36.9 Å². The predicted molar refractivity (Wildman–Crippen MR) is 105 cm³/mol. The maximum Gasteiger partial charge on any atom is 0.224 e. The summed E-state index contributed by atoms with van der Waals surface area (Å²) in [6, 6.07) is 11.3. The second-order valence-corrected chi connectivity index (χ2v) is 7.73. The standard InChI is InChI=1S/C21H17ClFN3O2/c1-10(19-7-11-6-13(23)3-5-18(11)28-19)24-21(27)15-9-14(15)20-25-16-4-2-12(22)8-17(16)26-20/h2-8,10,14-15H,9H2,1H3,(H,24,27)(H,25,26)/t10-,14+,15+/m1/s1. The first-order valence-corrected chi connectivity index (χ1v) is 9.50. The zero-order chi connectivity index (χ0) is 19.4. The Kier molecular flexibility index (Phi) is 3.91. The number of rotatable bonds is 4. The van der Waals surface area contributed by atoms with E-state index in [4.69, 9.17) is 16.0 Å². The summed E-state index contributed by atoms with van der Waals surface area (Å²) in [4.78, 5) is 20.5. The Morgan fingerprint density at radius 1 is 1.32 bits per heavy atom. The summed E-state index contributed by atoms with van der Waals surface area (Å²) in [6.45, 7) is 1.85. The minimum absolute atomic E-state index is 0.0392. The number of nitrogens with zero attached hydrogens (tertiary/aromatic N) is 1. The maximum atomic E-state index is 13.3. The molecule has 0 bridgehead atoms. The lowest BCUT2D eigenvalue weighted by Crippen LogP contribution is -2.28. The van der Waals surface area contributed by atoms with Gasteiger partial charge in [0.05, 0.1) is 17.1 Å². The number of carbonyl (C=O) groups is 1. The van der Waals surface area contributed by atoms with Crippen LogP contribution in [0, 0.1) is 11.7 Å². The Morgan fingerprint density at radius 2 is 2.18 bits per heavy atom. The minimum Gasteiger partial charge on any atom is -0.459 e. The van der Waals surface area contributed by atoms with Gasteiger partial charge in [0.15, 0.2) is 0 Å². The van der Waals surface area contributed by atoms with Crippen molar-refractivity contribution in [1.29, 1.82) is 0 Å². The average Bonchev–Trinajstić information content (AvgIpc) is 3.17. The zero-order valence-electron chi connectivity index (χ0n) is 15.0. The average molecular weight is 398 g/mol. The Morgan fingerprint density at radius 3 is 3.04 bits per heavy atom. The third-order valence-corrected chi connectivity index (χ3v) is 5.46. The van der Waals surface area contributed by atoms with Crippen molar-refractivity contribution in [3.63, 3.8) is 0 Å². The number of aromatic nitrogens is 2. The highest BCUT2D eigenvalue weighted by molar-refractivity contribution is 6.31. The number of imidazole rings is 1. The van der Waals surface area contributed by atoms with Gasteiger partial charge in [-0.3, -0.25) is 4.79 Å². The van der Waals surface area contributed by atoms with Crippen molar-refractivity contribution in [3.05, 3.63) is 64.9 Å². The topological polar surface area (TPSA) is 70.9 Å². The maximum absolute atomic E-state index is 13.3. The molecule has 2 heterocycles. The van der Waals surface area contributed by atoms with E-state index in [-0.39, 0.29) is 29.6 Å². The first-order chi connectivity index (χ1) is 13.5. The molecule has 28 heavy (non-hydrogen) atoms. The summed E-state index contributed by atoms with van der Waals surface area (Å²) in [5.74, 6) is 1.00. The summed E-state index contributed by atoms with van der Waals surface area (Å²) in [5, 5.41) is 4.31. The van der Waals surface area contributed by atoms with E-state index in [0.29, 0.717) is 21.8 Å². The van der Waals surface area contributed by atoms with E-state index in [1.165, 1.54) is 12.1 Å². The predicted octanol–water partition coefficient (Wildman–Crippen LogP) is 5.08. The minimum atomic E-state index is -0.315. The number of benzene rings is 2. The van der Waals surface area contributed by atoms with Gasteiger partial charge in [-0.15, -0.1) is 0 Å². The Bertz CT molecular complexity index is 1220. The van der Waals surface area contributed by atoms with Crippen molar-refractivity contribution >= 4 is 39.5 Å². The number of halogens is 2. The molecule has 5 nitrogen and oxygen atoms in total. The van der Waals surface area contributed by atoms with Crippen LogP contribution in [-0.2, 0) is 4.79 Å². The summed E-state index contributed by atoms with van der Waals surface area (Å²) >= 11 is 6.01. The molecule has 0 aliphatic heterocycles. The van der Waals surface area contributed by atoms with E-state index < -0.39 is 0 Å². The molecule has 142 valence electrons. The molecule has 4 aromatic rings. The van der Waals surface area contributed by atoms with E-state index in [1.807, 2.05) is 19.1 Å². The third kappa shape index (κ3) is 3.03. The molecule has 0 unspecified atom stereocenters. The van der Waals surface area contributed by atoms with Gasteiger partial charge < -0.3 is 14.7 Å². The molecule has 2 aromatic carbocycles. The number of carbonyl (C=O) groups excluding carboxylic acids is 1. The lowest BCUT2D eigenvalue weighted by Gasteiger charge is -2.11. The molecule has 0 saturated heterocycles. The number of hydrogen-bond acceptors (Lipinski definition) is 3. The highest BCUT2D eigenvalue weighted by atomic mass is 35.5. The first kappa shape index (κ1) is 17.3. The number of fused-ring (bicyclic) bond motifs is 2. The van der Waals surface area contributed by atoms with Crippen molar-refractivity contribution < 1.29 is 13.6 Å². The highest BCUT2D eigenvalue weighted by Gasteiger charge is 2.46. The van der Waals surface area contributed by atoms with E-state index in [2.05, 4.69) is 15.3 Å². The number of hydrogen-bond donors (Lipinski definition) is 2. The molecule has 2 aromatic heterocycles. The molecule has 0 radical (unpaired) electrons. The number of H-pyrrole nitrogens is 1. The van der Waals surface area contributed by atoms with Crippen molar-refractivity contribution in [2.45, 2.75) is 25.3 Å². The van der Waals surface area contributed by atoms with Crippen LogP contribution >= 0.6 is 11.6 Å². The summed E-state index contributed by atoms with van der Waals surface area (Å²) < 4.78 is 19.1. The number of aromatic amines is 1. The van der Waals surface area contributed by atoms with Gasteiger partial charge in [0.25, 0.3) is 0 Å². The molecule has 1 amide bonds. The van der Waals surface area contributed by atoms with Gasteiger partial charge in [-0.05, 0) is 55.8 Å². The molecule has 3 atom stereocenters. The fourth-order valence-electron chi connectivity index (χ4n) is 3.60. The molecular formula is C21H17ClFN3O2. The fourth-order valence-corrected chi connectivity index (χ4v) is 3.78. The number of furan rings is 1. The lowest BCUT2D eigenvalue weighted by atomic mass is 10.2. The monoisotopic (exact) mass is 397 g/mol. The van der Waals surface area contributed by atoms with Crippen molar-refractivity contribution in [2.75, 3.05) is 0 Å². The van der Waals surface area contributed by atoms with Crippen LogP contribution in [0.5, 0.6) is 0 Å². The van der Waals surface area contributed by atoms with Crippen LogP contribution < -0.4 is 5.32 Å². The molecule has 2 N–H and O–H groups in total. The van der Waals surface area contributed by atoms with Crippen LogP contribution in [0.25, 0.3) is 22.0 Å². The molecule has 5 rings (SSSR count). The van der Waals surface area contributed by atoms with E-state index in [1.54, 1.807) is 18.2 Å². The van der Waals surface area contributed by atoms with Crippen LogP contribution in [0.3, 0.4) is 0 Å². The Hall–Kier alpha value is -2.86. The second-order valence-electron chi connectivity index (χ2n) is 7.29. The highest BCUT2D eigenvalue weighted by Crippen LogP contribution is 2.47. The molecular weight excluding hydrogens is 381 g/mol. The Labute approximate surface area is 164 Å². The van der Waals surface area contributed by atoms with Gasteiger partial charge >= 0.3 is 0 Å². The van der Waals surface area contributed by atoms with Gasteiger partial charge in [-0.2, -0.15) is 0 Å². The van der Waals surface area contributed by atoms with Crippen LogP contribution in [0.15, 0.2) is 46.9 Å². The van der Waals surface area contributed by atoms with Gasteiger partial charge in [-0.25, -0.2) is 9.37 Å². The van der Waals surface area contributed by atoms with Crippen LogP contribution in [0.4, 0.5) is 4.39 Å². The van der Waals surface area contributed by atoms with Crippen molar-refractivity contribution in [1.82, 2.24) is 15.3 Å².